The maximum absolute atomic E-state index is 14.7. The third-order valence-electron chi connectivity index (χ3n) is 3.75. The van der Waals surface area contributed by atoms with Gasteiger partial charge in [-0.2, -0.15) is 0 Å². The number of carbonyl (C=O) groups excluding carboxylic acids is 1. The minimum atomic E-state index is -3.79. The molecule has 0 atom stereocenters. The van der Waals surface area contributed by atoms with Crippen molar-refractivity contribution in [2.45, 2.75) is 13.3 Å². The number of nitrogens with zero attached hydrogens (tertiary/aromatic N) is 1. The molecule has 0 aliphatic heterocycles. The Bertz CT molecular complexity index is 1090. The van der Waals surface area contributed by atoms with Crippen molar-refractivity contribution in [1.82, 2.24) is 9.97 Å². The van der Waals surface area contributed by atoms with Crippen LogP contribution in [0.5, 0.6) is 0 Å². The summed E-state index contributed by atoms with van der Waals surface area (Å²) in [5.41, 5.74) is -0.858. The zero-order chi connectivity index (χ0) is 18.9. The molecule has 0 saturated heterocycles. The molecule has 1 aromatic carbocycles. The molecular formula is C17H15F2N3O3S. The summed E-state index contributed by atoms with van der Waals surface area (Å²) in [6.07, 6.45) is 3.15. The second-order valence-electron chi connectivity index (χ2n) is 5.64. The number of rotatable bonds is 6. The van der Waals surface area contributed by atoms with Crippen LogP contribution in [0.15, 0.2) is 36.7 Å². The van der Waals surface area contributed by atoms with Gasteiger partial charge in [0.2, 0.25) is 15.8 Å². The highest BCUT2D eigenvalue weighted by Crippen LogP contribution is 2.27. The Morgan fingerprint density at radius 1 is 1.27 bits per heavy atom. The molecule has 2 aromatic heterocycles. The molecule has 0 bridgehead atoms. The molecule has 9 heteroatoms. The van der Waals surface area contributed by atoms with E-state index < -0.39 is 38.7 Å². The van der Waals surface area contributed by atoms with Crippen molar-refractivity contribution in [2.24, 2.45) is 0 Å². The summed E-state index contributed by atoms with van der Waals surface area (Å²) in [5, 5.41) is 0.410. The van der Waals surface area contributed by atoms with Crippen LogP contribution in [0.3, 0.4) is 0 Å². The van der Waals surface area contributed by atoms with Crippen LogP contribution in [0.2, 0.25) is 0 Å². The lowest BCUT2D eigenvalue weighted by molar-refractivity contribution is 0.103. The van der Waals surface area contributed by atoms with E-state index in [-0.39, 0.29) is 11.3 Å². The maximum Gasteiger partial charge on any atom is 0.232 e. The smallest absolute Gasteiger partial charge is 0.232 e. The number of anilines is 1. The number of H-pyrrole nitrogens is 1. The number of ketones is 1. The zero-order valence-corrected chi connectivity index (χ0v) is 14.5. The molecule has 2 N–H and O–H groups in total. The molecule has 3 rings (SSSR count). The lowest BCUT2D eigenvalue weighted by Gasteiger charge is -2.11. The zero-order valence-electron chi connectivity index (χ0n) is 13.7. The first-order valence-corrected chi connectivity index (χ1v) is 9.44. The van der Waals surface area contributed by atoms with Crippen molar-refractivity contribution in [3.8, 4) is 0 Å². The molecule has 2 heterocycles. The molecule has 136 valence electrons. The van der Waals surface area contributed by atoms with Crippen LogP contribution in [-0.4, -0.2) is 29.9 Å². The van der Waals surface area contributed by atoms with Crippen LogP contribution < -0.4 is 4.72 Å². The summed E-state index contributed by atoms with van der Waals surface area (Å²) in [6, 6.07) is 4.99. The highest BCUT2D eigenvalue weighted by atomic mass is 32.2. The third kappa shape index (κ3) is 3.30. The van der Waals surface area contributed by atoms with Gasteiger partial charge in [0.05, 0.1) is 17.0 Å². The highest BCUT2D eigenvalue weighted by molar-refractivity contribution is 7.92. The fourth-order valence-corrected chi connectivity index (χ4v) is 3.74. The second kappa shape index (κ2) is 6.83. The Hall–Kier alpha value is -2.81. The third-order valence-corrected chi connectivity index (χ3v) is 5.23. The van der Waals surface area contributed by atoms with E-state index in [9.17, 15) is 22.0 Å². The highest BCUT2D eigenvalue weighted by Gasteiger charge is 2.25. The van der Waals surface area contributed by atoms with Crippen LogP contribution in [-0.2, 0) is 10.0 Å². The first kappa shape index (κ1) is 18.0. The average Bonchev–Trinajstić information content (AvgIpc) is 3.01. The van der Waals surface area contributed by atoms with E-state index in [2.05, 4.69) is 14.7 Å². The van der Waals surface area contributed by atoms with E-state index in [1.165, 1.54) is 12.4 Å². The van der Waals surface area contributed by atoms with Gasteiger partial charge in [-0.1, -0.05) is 6.92 Å². The lowest BCUT2D eigenvalue weighted by atomic mass is 10.0. The number of benzene rings is 1. The minimum absolute atomic E-state index is 0.0412. The van der Waals surface area contributed by atoms with E-state index in [1.807, 2.05) is 0 Å². The van der Waals surface area contributed by atoms with E-state index in [0.717, 1.165) is 12.1 Å². The number of hydrogen-bond acceptors (Lipinski definition) is 4. The number of hydrogen-bond donors (Lipinski definition) is 2. The Kier molecular flexibility index (Phi) is 4.73. The largest absolute Gasteiger partial charge is 0.345 e. The summed E-state index contributed by atoms with van der Waals surface area (Å²) in [4.78, 5) is 19.5. The monoisotopic (exact) mass is 379 g/mol. The molecule has 0 fully saturated rings. The van der Waals surface area contributed by atoms with E-state index in [1.54, 1.807) is 19.1 Å². The van der Waals surface area contributed by atoms with Crippen molar-refractivity contribution >= 4 is 32.5 Å². The standard InChI is InChI=1S/C17H15F2N3O3S/c1-2-8-26(24,25)22-13-6-5-12(18)14(15(13)19)16(23)11-9-21-17-10(11)4-3-7-20-17/h3-7,9,22H,2,8H2,1H3,(H,20,21). The quantitative estimate of drug-likeness (QED) is 0.643. The van der Waals surface area contributed by atoms with Gasteiger partial charge in [0.25, 0.3) is 0 Å². The van der Waals surface area contributed by atoms with Crippen LogP contribution in [0, 0.1) is 11.6 Å². The predicted molar refractivity (Wildman–Crippen MR) is 93.6 cm³/mol. The summed E-state index contributed by atoms with van der Waals surface area (Å²) in [6.45, 7) is 1.65. The number of nitrogens with one attached hydrogen (secondary N) is 2. The van der Waals surface area contributed by atoms with E-state index in [4.69, 9.17) is 0 Å². The predicted octanol–water partition coefficient (Wildman–Crippen LogP) is 3.22. The second-order valence-corrected chi connectivity index (χ2v) is 7.48. The summed E-state index contributed by atoms with van der Waals surface area (Å²) >= 11 is 0. The van der Waals surface area contributed by atoms with Crippen molar-refractivity contribution in [3.63, 3.8) is 0 Å². The number of carbonyl (C=O) groups is 1. The molecule has 0 aliphatic rings. The van der Waals surface area contributed by atoms with Gasteiger partial charge in [-0.15, -0.1) is 0 Å². The van der Waals surface area contributed by atoms with Crippen molar-refractivity contribution < 1.29 is 22.0 Å². The van der Waals surface area contributed by atoms with Crippen LogP contribution in [0.1, 0.15) is 29.3 Å². The number of sulfonamides is 1. The number of aromatic nitrogens is 2. The fraction of sp³-hybridized carbons (Fsp3) is 0.176. The Morgan fingerprint density at radius 3 is 2.77 bits per heavy atom. The molecule has 0 unspecified atom stereocenters. The van der Waals surface area contributed by atoms with Gasteiger partial charge in [0, 0.05) is 23.3 Å². The SMILES string of the molecule is CCCS(=O)(=O)Nc1ccc(F)c(C(=O)c2c[nH]c3ncccc23)c1F. The van der Waals surface area contributed by atoms with Gasteiger partial charge in [-0.3, -0.25) is 9.52 Å². The van der Waals surface area contributed by atoms with Crippen molar-refractivity contribution in [1.29, 1.82) is 0 Å². The molecule has 26 heavy (non-hydrogen) atoms. The number of fused-ring (bicyclic) bond motifs is 1. The molecule has 0 aliphatic carbocycles. The number of halogens is 2. The van der Waals surface area contributed by atoms with Crippen LogP contribution in [0.4, 0.5) is 14.5 Å². The summed E-state index contributed by atoms with van der Waals surface area (Å²) in [7, 11) is -3.79. The molecule has 0 amide bonds. The van der Waals surface area contributed by atoms with Gasteiger partial charge >= 0.3 is 0 Å². The fourth-order valence-electron chi connectivity index (χ4n) is 2.61. The minimum Gasteiger partial charge on any atom is -0.345 e. The van der Waals surface area contributed by atoms with E-state index >= 15 is 0 Å². The first-order valence-electron chi connectivity index (χ1n) is 7.79. The molecular weight excluding hydrogens is 364 g/mol. The van der Waals surface area contributed by atoms with Crippen LogP contribution in [0.25, 0.3) is 11.0 Å². The maximum atomic E-state index is 14.7. The molecule has 0 spiro atoms. The normalized spacial score (nSPS) is 11.7. The Labute approximate surface area is 148 Å². The molecule has 6 nitrogen and oxygen atoms in total. The Balaban J connectivity index is 2.07. The summed E-state index contributed by atoms with van der Waals surface area (Å²) < 4.78 is 54.7. The Morgan fingerprint density at radius 2 is 2.04 bits per heavy atom. The van der Waals surface area contributed by atoms with Gasteiger partial charge in [0.1, 0.15) is 11.5 Å². The van der Waals surface area contributed by atoms with Crippen molar-refractivity contribution in [2.75, 3.05) is 10.5 Å². The van der Waals surface area contributed by atoms with Gasteiger partial charge in [0.15, 0.2) is 5.82 Å². The van der Waals surface area contributed by atoms with Gasteiger partial charge < -0.3 is 4.98 Å². The summed E-state index contributed by atoms with van der Waals surface area (Å²) in [5.74, 6) is -3.46. The molecule has 0 radical (unpaired) electrons. The van der Waals surface area contributed by atoms with Gasteiger partial charge in [-0.05, 0) is 30.7 Å². The van der Waals surface area contributed by atoms with Crippen molar-refractivity contribution in [3.05, 3.63) is 59.4 Å². The van der Waals surface area contributed by atoms with E-state index in [0.29, 0.717) is 17.5 Å². The molecule has 0 saturated carbocycles. The van der Waals surface area contributed by atoms with Crippen LogP contribution >= 0.6 is 0 Å². The average molecular weight is 379 g/mol. The number of aromatic amines is 1. The number of pyridine rings is 1. The topological polar surface area (TPSA) is 91.9 Å². The first-order chi connectivity index (χ1) is 12.3. The lowest BCUT2D eigenvalue weighted by Crippen LogP contribution is -2.18. The van der Waals surface area contributed by atoms with Gasteiger partial charge in [-0.25, -0.2) is 22.2 Å². The molecule has 3 aromatic rings.